The number of nitrogens with zero attached hydrogens (tertiary/aromatic N) is 2. The van der Waals surface area contributed by atoms with Gasteiger partial charge in [-0.15, -0.1) is 11.8 Å². The van der Waals surface area contributed by atoms with E-state index in [0.29, 0.717) is 31.6 Å². The number of likely N-dealkylation sites (N-methyl/N-ethyl adjacent to an activating group) is 1. The third kappa shape index (κ3) is 3.17. The van der Waals surface area contributed by atoms with Gasteiger partial charge >= 0.3 is 5.97 Å². The maximum absolute atomic E-state index is 12.5. The number of hydrogen-bond donors (Lipinski definition) is 0. The predicted octanol–water partition coefficient (Wildman–Crippen LogP) is 0.852. The summed E-state index contributed by atoms with van der Waals surface area (Å²) in [6.45, 7) is 2.53. The molecule has 0 aromatic rings. The van der Waals surface area contributed by atoms with E-state index in [-0.39, 0.29) is 28.7 Å². The first kappa shape index (κ1) is 16.1. The van der Waals surface area contributed by atoms with Crippen LogP contribution in [0.15, 0.2) is 0 Å². The van der Waals surface area contributed by atoms with Crippen molar-refractivity contribution in [1.29, 1.82) is 0 Å². The van der Waals surface area contributed by atoms with Gasteiger partial charge in [-0.05, 0) is 19.8 Å². The predicted molar refractivity (Wildman–Crippen MR) is 79.6 cm³/mol. The van der Waals surface area contributed by atoms with Crippen LogP contribution in [0.4, 0.5) is 0 Å². The van der Waals surface area contributed by atoms with Crippen LogP contribution in [0.5, 0.6) is 0 Å². The van der Waals surface area contributed by atoms with Gasteiger partial charge in [0.15, 0.2) is 0 Å². The van der Waals surface area contributed by atoms with E-state index in [1.807, 2.05) is 6.92 Å². The van der Waals surface area contributed by atoms with Crippen LogP contribution in [0.25, 0.3) is 0 Å². The van der Waals surface area contributed by atoms with E-state index in [4.69, 9.17) is 0 Å². The second-order valence-corrected chi connectivity index (χ2v) is 7.21. The van der Waals surface area contributed by atoms with E-state index in [9.17, 15) is 14.4 Å². The lowest BCUT2D eigenvalue weighted by Gasteiger charge is -2.31. The van der Waals surface area contributed by atoms with Crippen LogP contribution in [-0.2, 0) is 19.1 Å². The van der Waals surface area contributed by atoms with Gasteiger partial charge in [-0.3, -0.25) is 14.4 Å². The summed E-state index contributed by atoms with van der Waals surface area (Å²) in [6.07, 6.45) is 2.21. The highest BCUT2D eigenvalue weighted by atomic mass is 32.2. The Kier molecular flexibility index (Phi) is 4.81. The molecule has 2 aliphatic heterocycles. The van der Waals surface area contributed by atoms with Crippen LogP contribution >= 0.6 is 11.8 Å². The van der Waals surface area contributed by atoms with Crippen molar-refractivity contribution in [3.8, 4) is 0 Å². The molecule has 0 N–H and O–H groups in total. The molecule has 6 nitrogen and oxygen atoms in total. The molecule has 2 aliphatic rings. The summed E-state index contributed by atoms with van der Waals surface area (Å²) < 4.78 is 4.58. The Morgan fingerprint density at radius 2 is 2.24 bits per heavy atom. The van der Waals surface area contributed by atoms with Gasteiger partial charge in [0, 0.05) is 32.2 Å². The van der Waals surface area contributed by atoms with Gasteiger partial charge < -0.3 is 14.5 Å². The maximum Gasteiger partial charge on any atom is 0.305 e. The molecule has 2 unspecified atom stereocenters. The molecule has 2 amide bonds. The van der Waals surface area contributed by atoms with Crippen molar-refractivity contribution >= 4 is 29.5 Å². The zero-order chi connectivity index (χ0) is 15.6. The molecule has 2 saturated heterocycles. The van der Waals surface area contributed by atoms with Crippen molar-refractivity contribution < 1.29 is 19.1 Å². The Morgan fingerprint density at radius 3 is 2.90 bits per heavy atom. The third-order valence-corrected chi connectivity index (χ3v) is 5.71. The van der Waals surface area contributed by atoms with Crippen molar-refractivity contribution in [2.45, 2.75) is 43.5 Å². The van der Waals surface area contributed by atoms with E-state index in [1.54, 1.807) is 28.6 Å². The van der Waals surface area contributed by atoms with Gasteiger partial charge in [0.2, 0.25) is 11.8 Å². The largest absolute Gasteiger partial charge is 0.469 e. The van der Waals surface area contributed by atoms with Gasteiger partial charge in [0.1, 0.15) is 6.04 Å². The summed E-state index contributed by atoms with van der Waals surface area (Å²) in [7, 11) is 3.08. The van der Waals surface area contributed by atoms with E-state index < -0.39 is 0 Å². The molecule has 0 bridgehead atoms. The Bertz CT molecular complexity index is 456. The molecule has 2 fully saturated rings. The highest BCUT2D eigenvalue weighted by Gasteiger charge is 2.53. The van der Waals surface area contributed by atoms with Crippen molar-refractivity contribution in [2.75, 3.05) is 26.5 Å². The zero-order valence-corrected chi connectivity index (χ0v) is 13.6. The Hall–Kier alpha value is -1.24. The molecule has 7 heteroatoms. The van der Waals surface area contributed by atoms with Crippen LogP contribution in [0, 0.1) is 0 Å². The first-order chi connectivity index (χ1) is 9.89. The molecule has 2 rings (SSSR count). The molecular weight excluding hydrogens is 292 g/mol. The number of fused-ring (bicyclic) bond motifs is 1. The van der Waals surface area contributed by atoms with Gasteiger partial charge in [-0.25, -0.2) is 0 Å². The fourth-order valence-electron chi connectivity index (χ4n) is 2.93. The first-order valence-corrected chi connectivity index (χ1v) is 8.15. The van der Waals surface area contributed by atoms with Gasteiger partial charge in [0.25, 0.3) is 0 Å². The summed E-state index contributed by atoms with van der Waals surface area (Å²) in [5.41, 5.74) is 0. The summed E-state index contributed by atoms with van der Waals surface area (Å²) in [5.74, 6) is 0.423. The summed E-state index contributed by atoms with van der Waals surface area (Å²) in [4.78, 5) is 38.8. The second kappa shape index (κ2) is 6.25. The van der Waals surface area contributed by atoms with Gasteiger partial charge in [0.05, 0.1) is 12.0 Å². The molecule has 0 spiro atoms. The van der Waals surface area contributed by atoms with E-state index in [1.165, 1.54) is 7.11 Å². The first-order valence-electron chi connectivity index (χ1n) is 7.17. The number of esters is 1. The van der Waals surface area contributed by atoms with Crippen LogP contribution < -0.4 is 0 Å². The minimum atomic E-state index is -0.363. The molecule has 21 heavy (non-hydrogen) atoms. The number of amides is 2. The van der Waals surface area contributed by atoms with Gasteiger partial charge in [-0.1, -0.05) is 0 Å². The highest BCUT2D eigenvalue weighted by molar-refractivity contribution is 8.01. The van der Waals surface area contributed by atoms with Crippen molar-refractivity contribution in [3.05, 3.63) is 0 Å². The number of carbonyl (C=O) groups excluding carboxylic acids is 3. The van der Waals surface area contributed by atoms with E-state index >= 15 is 0 Å². The number of hydrogen-bond acceptors (Lipinski definition) is 5. The fraction of sp³-hybridized carbons (Fsp3) is 0.786. The summed E-state index contributed by atoms with van der Waals surface area (Å²) >= 11 is 1.69. The number of ether oxygens (including phenoxy) is 1. The van der Waals surface area contributed by atoms with Crippen molar-refractivity contribution in [2.24, 2.45) is 0 Å². The molecule has 0 aromatic carbocycles. The minimum Gasteiger partial charge on any atom is -0.469 e. The normalized spacial score (nSPS) is 27.7. The molecule has 118 valence electrons. The molecule has 0 aliphatic carbocycles. The number of thioether (sulfide) groups is 1. The third-order valence-electron chi connectivity index (χ3n) is 4.21. The topological polar surface area (TPSA) is 66.9 Å². The fourth-order valence-corrected chi connectivity index (χ4v) is 4.35. The average Bonchev–Trinajstić information content (AvgIpc) is 2.95. The molecular formula is C14H22N2O4S. The summed E-state index contributed by atoms with van der Waals surface area (Å²) in [5, 5.41) is 0. The second-order valence-electron chi connectivity index (χ2n) is 5.71. The zero-order valence-electron chi connectivity index (χ0n) is 12.8. The van der Waals surface area contributed by atoms with Crippen molar-refractivity contribution in [1.82, 2.24) is 9.80 Å². The number of carbonyl (C=O) groups is 3. The van der Waals surface area contributed by atoms with Gasteiger partial charge in [-0.2, -0.15) is 0 Å². The number of methoxy groups -OCH3 is 1. The quantitative estimate of drug-likeness (QED) is 0.704. The van der Waals surface area contributed by atoms with E-state index in [0.717, 1.165) is 6.42 Å². The average molecular weight is 314 g/mol. The molecule has 0 aromatic heterocycles. The molecule has 2 atom stereocenters. The Labute approximate surface area is 129 Å². The summed E-state index contributed by atoms with van der Waals surface area (Å²) in [6, 6.07) is -0.363. The Morgan fingerprint density at radius 1 is 1.52 bits per heavy atom. The standard InChI is InChI=1S/C14H22N2O4S/c1-14-7-6-11(17)16(14)10(9-21-14)13(19)15(2)8-4-5-12(18)20-3/h10H,4-9H2,1-3H3. The lowest BCUT2D eigenvalue weighted by molar-refractivity contribution is -0.143. The maximum atomic E-state index is 12.5. The number of rotatable bonds is 5. The van der Waals surface area contributed by atoms with Crippen LogP contribution in [0.2, 0.25) is 0 Å². The van der Waals surface area contributed by atoms with Crippen molar-refractivity contribution in [3.63, 3.8) is 0 Å². The minimum absolute atomic E-state index is 0.0358. The van der Waals surface area contributed by atoms with Crippen LogP contribution in [0.1, 0.15) is 32.6 Å². The molecule has 0 saturated carbocycles. The highest BCUT2D eigenvalue weighted by Crippen LogP contribution is 2.47. The smallest absolute Gasteiger partial charge is 0.305 e. The van der Waals surface area contributed by atoms with E-state index in [2.05, 4.69) is 4.74 Å². The van der Waals surface area contributed by atoms with Crippen LogP contribution in [-0.4, -0.2) is 65.0 Å². The SMILES string of the molecule is COC(=O)CCCN(C)C(=O)C1CSC2(C)CCC(=O)N12. The van der Waals surface area contributed by atoms with Crippen LogP contribution in [0.3, 0.4) is 0 Å². The molecule has 2 heterocycles. The monoisotopic (exact) mass is 314 g/mol. The molecule has 0 radical (unpaired) electrons. The lowest BCUT2D eigenvalue weighted by Crippen LogP contribution is -2.50. The Balaban J connectivity index is 1.91. The lowest BCUT2D eigenvalue weighted by atomic mass is 10.2.